The SMILES string of the molecule is O=C(Nc1ccc(F)cc1)c1nnc(C2CCCN2C(=O)NCc2ccco2)s1. The van der Waals surface area contributed by atoms with Gasteiger partial charge in [0.2, 0.25) is 5.01 Å². The van der Waals surface area contributed by atoms with Gasteiger partial charge in [0.1, 0.15) is 16.6 Å². The van der Waals surface area contributed by atoms with Crippen LogP contribution in [0.25, 0.3) is 0 Å². The number of carbonyl (C=O) groups is 2. The van der Waals surface area contributed by atoms with E-state index in [4.69, 9.17) is 4.42 Å². The first kappa shape index (κ1) is 19.1. The molecule has 2 N–H and O–H groups in total. The molecule has 0 radical (unpaired) electrons. The van der Waals surface area contributed by atoms with Gasteiger partial charge in [-0.05, 0) is 49.2 Å². The molecule has 1 aliphatic heterocycles. The predicted octanol–water partition coefficient (Wildman–Crippen LogP) is 3.57. The zero-order valence-corrected chi connectivity index (χ0v) is 16.1. The molecule has 1 unspecified atom stereocenters. The Morgan fingerprint density at radius 3 is 2.83 bits per heavy atom. The minimum Gasteiger partial charge on any atom is -0.467 e. The zero-order chi connectivity index (χ0) is 20.2. The highest BCUT2D eigenvalue weighted by Crippen LogP contribution is 2.33. The Balaban J connectivity index is 1.40. The molecule has 29 heavy (non-hydrogen) atoms. The van der Waals surface area contributed by atoms with E-state index in [9.17, 15) is 14.0 Å². The second-order valence-electron chi connectivity index (χ2n) is 6.50. The Hall–Kier alpha value is -3.27. The van der Waals surface area contributed by atoms with Crippen LogP contribution < -0.4 is 10.6 Å². The average molecular weight is 415 g/mol. The third-order valence-corrected chi connectivity index (χ3v) is 5.55. The molecule has 1 aliphatic rings. The summed E-state index contributed by atoms with van der Waals surface area (Å²) in [5.41, 5.74) is 0.466. The van der Waals surface area contributed by atoms with Crippen LogP contribution in [-0.2, 0) is 6.54 Å². The summed E-state index contributed by atoms with van der Waals surface area (Å²) in [4.78, 5) is 26.6. The molecule has 2 aromatic heterocycles. The first-order valence-corrected chi connectivity index (χ1v) is 9.89. The number of likely N-dealkylation sites (tertiary alicyclic amines) is 1. The van der Waals surface area contributed by atoms with Crippen LogP contribution in [0.15, 0.2) is 47.1 Å². The Bertz CT molecular complexity index is 990. The summed E-state index contributed by atoms with van der Waals surface area (Å²) in [6, 6.07) is 8.58. The van der Waals surface area contributed by atoms with Crippen LogP contribution in [0.4, 0.5) is 14.9 Å². The number of aromatic nitrogens is 2. The maximum Gasteiger partial charge on any atom is 0.318 e. The number of nitrogens with one attached hydrogen (secondary N) is 2. The monoisotopic (exact) mass is 415 g/mol. The lowest BCUT2D eigenvalue weighted by Gasteiger charge is -2.22. The number of amides is 3. The second kappa shape index (κ2) is 8.39. The lowest BCUT2D eigenvalue weighted by molar-refractivity contribution is 0.102. The van der Waals surface area contributed by atoms with Crippen molar-refractivity contribution in [3.63, 3.8) is 0 Å². The summed E-state index contributed by atoms with van der Waals surface area (Å²) in [5, 5.41) is 14.4. The van der Waals surface area contributed by atoms with Gasteiger partial charge < -0.3 is 20.0 Å². The molecular formula is C19H18FN5O3S. The number of urea groups is 1. The Morgan fingerprint density at radius 2 is 2.07 bits per heavy atom. The molecule has 4 rings (SSSR count). The van der Waals surface area contributed by atoms with Crippen LogP contribution in [0.2, 0.25) is 0 Å². The van der Waals surface area contributed by atoms with Gasteiger partial charge in [0.05, 0.1) is 18.8 Å². The van der Waals surface area contributed by atoms with Crippen LogP contribution in [0.1, 0.15) is 39.5 Å². The van der Waals surface area contributed by atoms with Crippen molar-refractivity contribution in [2.75, 3.05) is 11.9 Å². The van der Waals surface area contributed by atoms with Crippen molar-refractivity contribution in [2.24, 2.45) is 0 Å². The number of halogens is 1. The van der Waals surface area contributed by atoms with Crippen molar-refractivity contribution in [3.8, 4) is 0 Å². The molecule has 8 nitrogen and oxygen atoms in total. The van der Waals surface area contributed by atoms with Gasteiger partial charge in [0.15, 0.2) is 0 Å². The van der Waals surface area contributed by atoms with Crippen LogP contribution in [0, 0.1) is 5.82 Å². The van der Waals surface area contributed by atoms with Crippen molar-refractivity contribution in [1.29, 1.82) is 0 Å². The fourth-order valence-electron chi connectivity index (χ4n) is 3.12. The van der Waals surface area contributed by atoms with E-state index in [1.54, 1.807) is 23.3 Å². The molecule has 1 atom stereocenters. The topological polar surface area (TPSA) is 100 Å². The van der Waals surface area contributed by atoms with E-state index >= 15 is 0 Å². The summed E-state index contributed by atoms with van der Waals surface area (Å²) in [6.45, 7) is 0.905. The molecule has 3 heterocycles. The first-order valence-electron chi connectivity index (χ1n) is 9.07. The second-order valence-corrected chi connectivity index (χ2v) is 7.51. The van der Waals surface area contributed by atoms with Crippen LogP contribution >= 0.6 is 11.3 Å². The number of nitrogens with zero attached hydrogens (tertiary/aromatic N) is 3. The number of rotatable bonds is 5. The van der Waals surface area contributed by atoms with Gasteiger partial charge in [0.25, 0.3) is 5.91 Å². The average Bonchev–Trinajstić information content (AvgIpc) is 3.48. The number of benzene rings is 1. The van der Waals surface area contributed by atoms with Crippen molar-refractivity contribution >= 4 is 29.0 Å². The van der Waals surface area contributed by atoms with E-state index in [1.807, 2.05) is 0 Å². The van der Waals surface area contributed by atoms with E-state index in [-0.39, 0.29) is 22.9 Å². The number of furan rings is 1. The lowest BCUT2D eigenvalue weighted by atomic mass is 10.2. The predicted molar refractivity (Wildman–Crippen MR) is 104 cm³/mol. The molecule has 3 aromatic rings. The molecule has 0 saturated carbocycles. The number of hydrogen-bond donors (Lipinski definition) is 2. The third kappa shape index (κ3) is 4.43. The van der Waals surface area contributed by atoms with E-state index < -0.39 is 5.91 Å². The smallest absolute Gasteiger partial charge is 0.318 e. The van der Waals surface area contributed by atoms with E-state index in [1.165, 1.54) is 24.3 Å². The molecule has 1 saturated heterocycles. The summed E-state index contributed by atoms with van der Waals surface area (Å²) in [5.74, 6) is -0.134. The maximum atomic E-state index is 13.0. The standard InChI is InChI=1S/C19H18FN5O3S/c20-12-5-7-13(8-6-12)22-16(26)18-24-23-17(29-18)15-4-1-9-25(15)19(27)21-11-14-3-2-10-28-14/h2-3,5-8,10,15H,1,4,9,11H2,(H,21,27)(H,22,26). The van der Waals surface area contributed by atoms with Gasteiger partial charge in [0, 0.05) is 12.2 Å². The number of anilines is 1. The van der Waals surface area contributed by atoms with Gasteiger partial charge >= 0.3 is 6.03 Å². The molecule has 10 heteroatoms. The number of hydrogen-bond acceptors (Lipinski definition) is 6. The zero-order valence-electron chi connectivity index (χ0n) is 15.3. The molecule has 3 amide bonds. The van der Waals surface area contributed by atoms with Gasteiger partial charge in [-0.1, -0.05) is 11.3 Å². The Morgan fingerprint density at radius 1 is 1.24 bits per heavy atom. The molecule has 0 bridgehead atoms. The van der Waals surface area contributed by atoms with Gasteiger partial charge in [-0.3, -0.25) is 4.79 Å². The Kier molecular flexibility index (Phi) is 5.52. The minimum absolute atomic E-state index is 0.187. The van der Waals surface area contributed by atoms with Crippen molar-refractivity contribution in [2.45, 2.75) is 25.4 Å². The van der Waals surface area contributed by atoms with Crippen molar-refractivity contribution < 1.29 is 18.4 Å². The maximum absolute atomic E-state index is 13.0. The summed E-state index contributed by atoms with van der Waals surface area (Å²) in [7, 11) is 0. The molecule has 1 aromatic carbocycles. The van der Waals surface area contributed by atoms with E-state index in [0.29, 0.717) is 29.5 Å². The lowest BCUT2D eigenvalue weighted by Crippen LogP contribution is -2.39. The first-order chi connectivity index (χ1) is 14.1. The largest absolute Gasteiger partial charge is 0.467 e. The summed E-state index contributed by atoms with van der Waals surface area (Å²) < 4.78 is 18.2. The fourth-order valence-corrected chi connectivity index (χ4v) is 4.01. The van der Waals surface area contributed by atoms with Crippen LogP contribution in [0.3, 0.4) is 0 Å². The van der Waals surface area contributed by atoms with Crippen molar-refractivity contribution in [3.05, 3.63) is 64.3 Å². The van der Waals surface area contributed by atoms with Gasteiger partial charge in [-0.2, -0.15) is 0 Å². The van der Waals surface area contributed by atoms with Crippen LogP contribution in [0.5, 0.6) is 0 Å². The summed E-state index contributed by atoms with van der Waals surface area (Å²) in [6.07, 6.45) is 3.15. The van der Waals surface area contributed by atoms with E-state index in [2.05, 4.69) is 20.8 Å². The highest BCUT2D eigenvalue weighted by molar-refractivity contribution is 7.13. The minimum atomic E-state index is -0.424. The van der Waals surface area contributed by atoms with Gasteiger partial charge in [-0.15, -0.1) is 10.2 Å². The third-order valence-electron chi connectivity index (χ3n) is 4.53. The van der Waals surface area contributed by atoms with Crippen LogP contribution in [-0.4, -0.2) is 33.6 Å². The normalized spacial score (nSPS) is 16.0. The number of carbonyl (C=O) groups excluding carboxylic acids is 2. The molecule has 1 fully saturated rings. The fraction of sp³-hybridized carbons (Fsp3) is 0.263. The van der Waals surface area contributed by atoms with Crippen molar-refractivity contribution in [1.82, 2.24) is 20.4 Å². The van der Waals surface area contributed by atoms with Gasteiger partial charge in [-0.25, -0.2) is 9.18 Å². The molecular weight excluding hydrogens is 397 g/mol. The van der Waals surface area contributed by atoms with E-state index in [0.717, 1.165) is 24.2 Å². The summed E-state index contributed by atoms with van der Waals surface area (Å²) >= 11 is 1.15. The quantitative estimate of drug-likeness (QED) is 0.664. The molecule has 150 valence electrons. The molecule has 0 aliphatic carbocycles. The Labute approximate surface area is 169 Å². The highest BCUT2D eigenvalue weighted by Gasteiger charge is 2.33. The molecule has 0 spiro atoms. The highest BCUT2D eigenvalue weighted by atomic mass is 32.1.